The summed E-state index contributed by atoms with van der Waals surface area (Å²) in [5.41, 5.74) is 0. The first-order valence-corrected chi connectivity index (χ1v) is 4.01. The van der Waals surface area contributed by atoms with E-state index in [1.54, 1.807) is 0 Å². The molecule has 1 rings (SSSR count). The minimum Gasteiger partial charge on any atom is -0.459 e. The van der Waals surface area contributed by atoms with E-state index >= 15 is 0 Å². The average molecular weight is 208 g/mol. The van der Waals surface area contributed by atoms with E-state index < -0.39 is 37.3 Å². The van der Waals surface area contributed by atoms with Gasteiger partial charge in [-0.3, -0.25) is 4.79 Å². The standard InChI is InChI=1S/C7H12O7/c8-1-3-6(13-2-9)4(10)5(11)7(12)14-3/h2-8,10-12H,1H2/t3?,4?,5-,6+,7-/m0/s1. The topological polar surface area (TPSA) is 116 Å². The lowest BCUT2D eigenvalue weighted by Crippen LogP contribution is -2.59. The van der Waals surface area contributed by atoms with Crippen molar-refractivity contribution in [2.75, 3.05) is 6.61 Å². The van der Waals surface area contributed by atoms with E-state index in [-0.39, 0.29) is 6.47 Å². The van der Waals surface area contributed by atoms with Crippen molar-refractivity contribution in [2.45, 2.75) is 30.7 Å². The molecule has 5 atom stereocenters. The zero-order chi connectivity index (χ0) is 10.7. The Hall–Kier alpha value is -0.730. The second-order valence-corrected chi connectivity index (χ2v) is 2.93. The number of aliphatic hydroxyl groups excluding tert-OH is 4. The lowest BCUT2D eigenvalue weighted by Gasteiger charge is -2.38. The lowest BCUT2D eigenvalue weighted by molar-refractivity contribution is -0.287. The molecule has 82 valence electrons. The summed E-state index contributed by atoms with van der Waals surface area (Å²) in [5, 5.41) is 36.3. The van der Waals surface area contributed by atoms with Crippen LogP contribution in [0.2, 0.25) is 0 Å². The van der Waals surface area contributed by atoms with Gasteiger partial charge in [0.1, 0.15) is 18.3 Å². The van der Waals surface area contributed by atoms with E-state index in [0.29, 0.717) is 0 Å². The number of ether oxygens (including phenoxy) is 2. The van der Waals surface area contributed by atoms with Gasteiger partial charge in [-0.25, -0.2) is 0 Å². The molecule has 0 amide bonds. The molecule has 0 bridgehead atoms. The van der Waals surface area contributed by atoms with Crippen molar-refractivity contribution in [3.63, 3.8) is 0 Å². The van der Waals surface area contributed by atoms with E-state index in [1.165, 1.54) is 0 Å². The van der Waals surface area contributed by atoms with Crippen LogP contribution < -0.4 is 0 Å². The smallest absolute Gasteiger partial charge is 0.293 e. The molecular weight excluding hydrogens is 196 g/mol. The Morgan fingerprint density at radius 2 is 1.93 bits per heavy atom. The zero-order valence-electron chi connectivity index (χ0n) is 7.18. The van der Waals surface area contributed by atoms with Crippen molar-refractivity contribution >= 4 is 6.47 Å². The van der Waals surface area contributed by atoms with Gasteiger partial charge in [-0.15, -0.1) is 0 Å². The van der Waals surface area contributed by atoms with E-state index in [4.69, 9.17) is 20.1 Å². The minimum atomic E-state index is -1.60. The van der Waals surface area contributed by atoms with E-state index in [1.807, 2.05) is 0 Å². The number of carbonyl (C=O) groups is 1. The van der Waals surface area contributed by atoms with Crippen LogP contribution in [0.15, 0.2) is 0 Å². The van der Waals surface area contributed by atoms with Gasteiger partial charge in [-0.05, 0) is 0 Å². The molecule has 1 aliphatic heterocycles. The van der Waals surface area contributed by atoms with Crippen LogP contribution in [0.5, 0.6) is 0 Å². The van der Waals surface area contributed by atoms with E-state index in [9.17, 15) is 9.90 Å². The predicted octanol–water partition coefficient (Wildman–Crippen LogP) is -3.04. The van der Waals surface area contributed by atoms with Gasteiger partial charge in [0.15, 0.2) is 12.4 Å². The van der Waals surface area contributed by atoms with Gasteiger partial charge >= 0.3 is 0 Å². The molecule has 1 aliphatic rings. The summed E-state index contributed by atoms with van der Waals surface area (Å²) in [4.78, 5) is 10.1. The molecule has 2 unspecified atom stereocenters. The molecule has 0 radical (unpaired) electrons. The number of hydrogen-bond acceptors (Lipinski definition) is 7. The molecule has 1 heterocycles. The third kappa shape index (κ3) is 2.02. The Bertz CT molecular complexity index is 194. The van der Waals surface area contributed by atoms with Crippen molar-refractivity contribution in [1.29, 1.82) is 0 Å². The molecule has 4 N–H and O–H groups in total. The van der Waals surface area contributed by atoms with Crippen LogP contribution in [0.4, 0.5) is 0 Å². The number of rotatable bonds is 3. The fourth-order valence-corrected chi connectivity index (χ4v) is 1.30. The van der Waals surface area contributed by atoms with Crippen LogP contribution in [0.3, 0.4) is 0 Å². The van der Waals surface area contributed by atoms with Crippen LogP contribution in [-0.4, -0.2) is 64.2 Å². The lowest BCUT2D eigenvalue weighted by atomic mass is 9.99. The highest BCUT2D eigenvalue weighted by Crippen LogP contribution is 2.21. The third-order valence-electron chi connectivity index (χ3n) is 2.05. The van der Waals surface area contributed by atoms with Crippen LogP contribution in [0, 0.1) is 0 Å². The molecule has 7 heteroatoms. The van der Waals surface area contributed by atoms with Gasteiger partial charge in [0, 0.05) is 0 Å². The fraction of sp³-hybridized carbons (Fsp3) is 0.857. The fourth-order valence-electron chi connectivity index (χ4n) is 1.30. The Morgan fingerprint density at radius 3 is 2.43 bits per heavy atom. The molecule has 14 heavy (non-hydrogen) atoms. The first-order valence-electron chi connectivity index (χ1n) is 4.01. The third-order valence-corrected chi connectivity index (χ3v) is 2.05. The van der Waals surface area contributed by atoms with Gasteiger partial charge < -0.3 is 29.9 Å². The first kappa shape index (κ1) is 11.3. The SMILES string of the molecule is O=CO[C@@H]1C(CO)O[C@H](O)[C@@H](O)C1O. The summed E-state index contributed by atoms with van der Waals surface area (Å²) in [6.07, 6.45) is -6.89. The Morgan fingerprint density at radius 1 is 1.29 bits per heavy atom. The van der Waals surface area contributed by atoms with Crippen molar-refractivity contribution < 1.29 is 34.7 Å². The Balaban J connectivity index is 2.72. The van der Waals surface area contributed by atoms with Crippen molar-refractivity contribution in [3.05, 3.63) is 0 Å². The summed E-state index contributed by atoms with van der Waals surface area (Å²) in [6.45, 7) is -0.469. The normalized spacial score (nSPS) is 43.3. The molecule has 0 aromatic carbocycles. The molecule has 0 aromatic heterocycles. The van der Waals surface area contributed by atoms with Crippen LogP contribution in [0.25, 0.3) is 0 Å². The summed E-state index contributed by atoms with van der Waals surface area (Å²) in [7, 11) is 0. The molecule has 1 saturated heterocycles. The monoisotopic (exact) mass is 208 g/mol. The molecule has 1 fully saturated rings. The van der Waals surface area contributed by atoms with Crippen LogP contribution in [-0.2, 0) is 14.3 Å². The highest BCUT2D eigenvalue weighted by molar-refractivity contribution is 5.38. The average Bonchev–Trinajstić information content (AvgIpc) is 2.19. The van der Waals surface area contributed by atoms with Crippen LogP contribution in [0.1, 0.15) is 0 Å². The van der Waals surface area contributed by atoms with Crippen LogP contribution >= 0.6 is 0 Å². The predicted molar refractivity (Wildman–Crippen MR) is 40.9 cm³/mol. The van der Waals surface area contributed by atoms with Crippen molar-refractivity contribution in [2.24, 2.45) is 0 Å². The van der Waals surface area contributed by atoms with Crippen molar-refractivity contribution in [3.8, 4) is 0 Å². The van der Waals surface area contributed by atoms with Gasteiger partial charge in [-0.2, -0.15) is 0 Å². The summed E-state index contributed by atoms with van der Waals surface area (Å²) >= 11 is 0. The number of aliphatic hydroxyl groups is 4. The number of carbonyl (C=O) groups excluding carboxylic acids is 1. The largest absolute Gasteiger partial charge is 0.459 e. The summed E-state index contributed by atoms with van der Waals surface area (Å²) < 4.78 is 9.13. The highest BCUT2D eigenvalue weighted by atomic mass is 16.7. The molecule has 0 aliphatic carbocycles. The second-order valence-electron chi connectivity index (χ2n) is 2.93. The Kier molecular flexibility index (Phi) is 3.78. The van der Waals surface area contributed by atoms with Gasteiger partial charge in [-0.1, -0.05) is 0 Å². The first-order chi connectivity index (χ1) is 6.61. The molecular formula is C7H12O7. The van der Waals surface area contributed by atoms with E-state index in [2.05, 4.69) is 4.74 Å². The maximum absolute atomic E-state index is 10.1. The Labute approximate surface area is 79.5 Å². The highest BCUT2D eigenvalue weighted by Gasteiger charge is 2.44. The number of hydrogen-bond donors (Lipinski definition) is 4. The van der Waals surface area contributed by atoms with E-state index in [0.717, 1.165) is 0 Å². The molecule has 0 spiro atoms. The maximum Gasteiger partial charge on any atom is 0.293 e. The summed E-state index contributed by atoms with van der Waals surface area (Å²) in [5.74, 6) is 0. The molecule has 0 aromatic rings. The molecule has 0 saturated carbocycles. The van der Waals surface area contributed by atoms with Gasteiger partial charge in [0.25, 0.3) is 6.47 Å². The minimum absolute atomic E-state index is 0.0737. The van der Waals surface area contributed by atoms with Crippen molar-refractivity contribution in [1.82, 2.24) is 0 Å². The van der Waals surface area contributed by atoms with Gasteiger partial charge in [0.05, 0.1) is 6.61 Å². The second kappa shape index (κ2) is 4.67. The zero-order valence-corrected chi connectivity index (χ0v) is 7.18. The molecule has 7 nitrogen and oxygen atoms in total. The quantitative estimate of drug-likeness (QED) is 0.364. The van der Waals surface area contributed by atoms with Gasteiger partial charge in [0.2, 0.25) is 0 Å². The summed E-state index contributed by atoms with van der Waals surface area (Å²) in [6, 6.07) is 0. The maximum atomic E-state index is 10.1.